The molecule has 0 bridgehead atoms. The Morgan fingerprint density at radius 1 is 1.22 bits per heavy atom. The lowest BCUT2D eigenvalue weighted by atomic mass is 10.0. The fourth-order valence-electron chi connectivity index (χ4n) is 2.68. The molecule has 1 amide bonds. The SMILES string of the molecule is COC(=O)CC(NC(=O)c1nc2nc(C)cc(C)n2n1)c1ccc(Cl)cc1. The Hall–Kier alpha value is -3.00. The molecule has 0 radical (unpaired) electrons. The van der Waals surface area contributed by atoms with Crippen LogP contribution in [0.5, 0.6) is 0 Å². The summed E-state index contributed by atoms with van der Waals surface area (Å²) >= 11 is 5.92. The van der Waals surface area contributed by atoms with E-state index < -0.39 is 17.9 Å². The number of hydrogen-bond acceptors (Lipinski definition) is 6. The molecule has 2 aromatic heterocycles. The van der Waals surface area contributed by atoms with Gasteiger partial charge in [-0.1, -0.05) is 23.7 Å². The summed E-state index contributed by atoms with van der Waals surface area (Å²) in [6.45, 7) is 3.69. The van der Waals surface area contributed by atoms with E-state index in [9.17, 15) is 9.59 Å². The summed E-state index contributed by atoms with van der Waals surface area (Å²) in [5, 5.41) is 7.54. The zero-order valence-corrected chi connectivity index (χ0v) is 15.8. The Kier molecular flexibility index (Phi) is 5.36. The van der Waals surface area contributed by atoms with Gasteiger partial charge in [-0.05, 0) is 37.6 Å². The number of ether oxygens (including phenoxy) is 1. The van der Waals surface area contributed by atoms with Gasteiger partial charge >= 0.3 is 5.97 Å². The highest BCUT2D eigenvalue weighted by atomic mass is 35.5. The van der Waals surface area contributed by atoms with Gasteiger partial charge in [0.05, 0.1) is 19.6 Å². The first-order valence-electron chi connectivity index (χ1n) is 8.21. The van der Waals surface area contributed by atoms with Crippen LogP contribution in [0.25, 0.3) is 5.78 Å². The molecule has 1 aromatic carbocycles. The molecule has 9 heteroatoms. The Labute approximate surface area is 160 Å². The number of aromatic nitrogens is 4. The van der Waals surface area contributed by atoms with Crippen LogP contribution in [-0.2, 0) is 9.53 Å². The van der Waals surface area contributed by atoms with Gasteiger partial charge in [-0.3, -0.25) is 9.59 Å². The maximum absolute atomic E-state index is 12.7. The van der Waals surface area contributed by atoms with Crippen LogP contribution in [0.15, 0.2) is 30.3 Å². The number of hydrogen-bond donors (Lipinski definition) is 1. The minimum absolute atomic E-state index is 0.0278. The average molecular weight is 388 g/mol. The molecule has 1 atom stereocenters. The van der Waals surface area contributed by atoms with Crippen molar-refractivity contribution < 1.29 is 14.3 Å². The van der Waals surface area contributed by atoms with E-state index in [2.05, 4.69) is 20.4 Å². The minimum atomic E-state index is -0.607. The molecule has 140 valence electrons. The molecule has 1 unspecified atom stereocenters. The van der Waals surface area contributed by atoms with E-state index in [0.29, 0.717) is 16.4 Å². The lowest BCUT2D eigenvalue weighted by Gasteiger charge is -2.17. The number of methoxy groups -OCH3 is 1. The van der Waals surface area contributed by atoms with Gasteiger partial charge in [0.2, 0.25) is 5.82 Å². The van der Waals surface area contributed by atoms with Crippen LogP contribution in [0.1, 0.15) is 40.0 Å². The first-order chi connectivity index (χ1) is 12.9. The third-order valence-electron chi connectivity index (χ3n) is 4.00. The van der Waals surface area contributed by atoms with Crippen LogP contribution in [0.4, 0.5) is 0 Å². The highest BCUT2D eigenvalue weighted by Crippen LogP contribution is 2.20. The van der Waals surface area contributed by atoms with Crippen molar-refractivity contribution in [2.45, 2.75) is 26.3 Å². The van der Waals surface area contributed by atoms with Crippen LogP contribution < -0.4 is 5.32 Å². The molecular formula is C18H18ClN5O3. The third-order valence-corrected chi connectivity index (χ3v) is 4.25. The summed E-state index contributed by atoms with van der Waals surface area (Å²) in [6, 6.07) is 8.09. The lowest BCUT2D eigenvalue weighted by Crippen LogP contribution is -2.31. The molecule has 0 saturated carbocycles. The molecule has 0 spiro atoms. The Morgan fingerprint density at radius 2 is 1.93 bits per heavy atom. The number of nitrogens with one attached hydrogen (secondary N) is 1. The van der Waals surface area contributed by atoms with E-state index in [1.807, 2.05) is 19.9 Å². The molecule has 0 aliphatic heterocycles. The van der Waals surface area contributed by atoms with Gasteiger partial charge in [0.25, 0.3) is 11.7 Å². The number of fused-ring (bicyclic) bond motifs is 1. The lowest BCUT2D eigenvalue weighted by molar-refractivity contribution is -0.141. The predicted molar refractivity (Wildman–Crippen MR) is 98.5 cm³/mol. The predicted octanol–water partition coefficient (Wildman–Crippen LogP) is 2.43. The molecule has 0 saturated heterocycles. The topological polar surface area (TPSA) is 98.5 Å². The number of carbonyl (C=O) groups is 2. The van der Waals surface area contributed by atoms with Crippen molar-refractivity contribution in [3.63, 3.8) is 0 Å². The normalized spacial score (nSPS) is 12.0. The molecule has 3 rings (SSSR count). The highest BCUT2D eigenvalue weighted by Gasteiger charge is 2.22. The number of carbonyl (C=O) groups excluding carboxylic acids is 2. The van der Waals surface area contributed by atoms with Crippen molar-refractivity contribution in [3.8, 4) is 0 Å². The Balaban J connectivity index is 1.88. The Bertz CT molecular complexity index is 1000. The van der Waals surface area contributed by atoms with Crippen molar-refractivity contribution in [1.82, 2.24) is 24.9 Å². The number of halogens is 1. The van der Waals surface area contributed by atoms with Crippen LogP contribution in [0, 0.1) is 13.8 Å². The molecule has 0 aliphatic carbocycles. The van der Waals surface area contributed by atoms with E-state index in [4.69, 9.17) is 16.3 Å². The van der Waals surface area contributed by atoms with Crippen molar-refractivity contribution in [1.29, 1.82) is 0 Å². The first-order valence-corrected chi connectivity index (χ1v) is 8.59. The van der Waals surface area contributed by atoms with Gasteiger partial charge in [0, 0.05) is 16.4 Å². The number of aryl methyl sites for hydroxylation is 2. The molecular weight excluding hydrogens is 370 g/mol. The van der Waals surface area contributed by atoms with E-state index in [1.54, 1.807) is 24.3 Å². The van der Waals surface area contributed by atoms with Crippen molar-refractivity contribution in [2.24, 2.45) is 0 Å². The molecule has 1 N–H and O–H groups in total. The second kappa shape index (κ2) is 7.71. The van der Waals surface area contributed by atoms with E-state index in [1.165, 1.54) is 11.6 Å². The van der Waals surface area contributed by atoms with Crippen molar-refractivity contribution in [3.05, 3.63) is 58.1 Å². The van der Waals surface area contributed by atoms with Crippen LogP contribution >= 0.6 is 11.6 Å². The Morgan fingerprint density at radius 3 is 2.59 bits per heavy atom. The molecule has 0 aliphatic rings. The largest absolute Gasteiger partial charge is 0.469 e. The molecule has 2 heterocycles. The second-order valence-electron chi connectivity index (χ2n) is 6.04. The zero-order valence-electron chi connectivity index (χ0n) is 15.1. The van der Waals surface area contributed by atoms with Gasteiger partial charge in [-0.15, -0.1) is 5.10 Å². The summed E-state index contributed by atoms with van der Waals surface area (Å²) in [5.74, 6) is -0.651. The number of esters is 1. The summed E-state index contributed by atoms with van der Waals surface area (Å²) in [4.78, 5) is 32.9. The van der Waals surface area contributed by atoms with Gasteiger partial charge in [0.15, 0.2) is 0 Å². The maximum Gasteiger partial charge on any atom is 0.307 e. The van der Waals surface area contributed by atoms with Crippen LogP contribution in [0.3, 0.4) is 0 Å². The second-order valence-corrected chi connectivity index (χ2v) is 6.48. The summed E-state index contributed by atoms with van der Waals surface area (Å²) in [7, 11) is 1.30. The molecule has 27 heavy (non-hydrogen) atoms. The number of rotatable bonds is 5. The monoisotopic (exact) mass is 387 g/mol. The van der Waals surface area contributed by atoms with Gasteiger partial charge < -0.3 is 10.1 Å². The highest BCUT2D eigenvalue weighted by molar-refractivity contribution is 6.30. The summed E-state index contributed by atoms with van der Waals surface area (Å²) < 4.78 is 6.23. The fourth-order valence-corrected chi connectivity index (χ4v) is 2.81. The van der Waals surface area contributed by atoms with Crippen molar-refractivity contribution >= 4 is 29.3 Å². The van der Waals surface area contributed by atoms with E-state index >= 15 is 0 Å². The smallest absolute Gasteiger partial charge is 0.307 e. The van der Waals surface area contributed by atoms with E-state index in [-0.39, 0.29) is 12.2 Å². The number of amides is 1. The summed E-state index contributed by atoms with van der Waals surface area (Å²) in [6.07, 6.45) is -0.0341. The van der Waals surface area contributed by atoms with Crippen molar-refractivity contribution in [2.75, 3.05) is 7.11 Å². The number of nitrogens with zero attached hydrogens (tertiary/aromatic N) is 4. The van der Waals surface area contributed by atoms with Gasteiger partial charge in [0.1, 0.15) is 0 Å². The van der Waals surface area contributed by atoms with Gasteiger partial charge in [-0.25, -0.2) is 9.50 Å². The standard InChI is InChI=1S/C18H18ClN5O3/c1-10-8-11(2)24-18(20-10)22-16(23-24)17(26)21-14(9-15(25)27-3)12-4-6-13(19)7-5-12/h4-8,14H,9H2,1-3H3,(H,21,26). The fraction of sp³-hybridized carbons (Fsp3) is 0.278. The van der Waals surface area contributed by atoms with Gasteiger partial charge in [-0.2, -0.15) is 4.98 Å². The van der Waals surface area contributed by atoms with E-state index in [0.717, 1.165) is 11.4 Å². The zero-order chi connectivity index (χ0) is 19.6. The molecule has 8 nitrogen and oxygen atoms in total. The average Bonchev–Trinajstić information content (AvgIpc) is 3.06. The number of benzene rings is 1. The molecule has 0 fully saturated rings. The van der Waals surface area contributed by atoms with Crippen LogP contribution in [0.2, 0.25) is 5.02 Å². The summed E-state index contributed by atoms with van der Waals surface area (Å²) in [5.41, 5.74) is 2.31. The molecule has 3 aromatic rings. The first kappa shape index (κ1) is 18.8. The minimum Gasteiger partial charge on any atom is -0.469 e. The quantitative estimate of drug-likeness (QED) is 0.675. The maximum atomic E-state index is 12.7. The third kappa shape index (κ3) is 4.22. The van der Waals surface area contributed by atoms with Crippen LogP contribution in [-0.4, -0.2) is 38.6 Å².